The van der Waals surface area contributed by atoms with Crippen molar-refractivity contribution in [2.45, 2.75) is 45.6 Å². The van der Waals surface area contributed by atoms with Gasteiger partial charge in [-0.2, -0.15) is 0 Å². The largest absolute Gasteiger partial charge is 0.352 e. The maximum Gasteiger partial charge on any atom is 0.252 e. The molecule has 1 saturated heterocycles. The van der Waals surface area contributed by atoms with Gasteiger partial charge in [-0.15, -0.1) is 0 Å². The Morgan fingerprint density at radius 3 is 2.95 bits per heavy atom. The van der Waals surface area contributed by atoms with Gasteiger partial charge in [0.25, 0.3) is 5.56 Å². The van der Waals surface area contributed by atoms with Crippen molar-refractivity contribution in [1.29, 1.82) is 0 Å². The molecule has 1 aliphatic heterocycles. The van der Waals surface area contributed by atoms with Crippen LogP contribution in [-0.4, -0.2) is 29.1 Å². The molecule has 0 spiro atoms. The third-order valence-corrected chi connectivity index (χ3v) is 3.94. The van der Waals surface area contributed by atoms with Crippen LogP contribution in [0.15, 0.2) is 10.9 Å². The summed E-state index contributed by atoms with van der Waals surface area (Å²) in [6.45, 7) is 7.82. The number of nitrogens with zero attached hydrogens (tertiary/aromatic N) is 2. The van der Waals surface area contributed by atoms with E-state index in [9.17, 15) is 4.79 Å². The second-order valence-corrected chi connectivity index (χ2v) is 5.76. The Hall–Kier alpha value is -1.36. The summed E-state index contributed by atoms with van der Waals surface area (Å²) in [7, 11) is 0. The predicted molar refractivity (Wildman–Crippen MR) is 77.5 cm³/mol. The van der Waals surface area contributed by atoms with E-state index in [2.05, 4.69) is 21.8 Å². The molecule has 2 unspecified atom stereocenters. The summed E-state index contributed by atoms with van der Waals surface area (Å²) in [5.74, 6) is 2.28. The van der Waals surface area contributed by atoms with E-state index >= 15 is 0 Å². The first-order valence-corrected chi connectivity index (χ1v) is 7.11. The number of aromatic amines is 1. The Labute approximate surface area is 114 Å². The number of H-pyrrole nitrogens is 1. The number of hydrogen-bond acceptors (Lipinski definition) is 4. The molecule has 0 amide bonds. The van der Waals surface area contributed by atoms with Gasteiger partial charge >= 0.3 is 0 Å². The van der Waals surface area contributed by atoms with Gasteiger partial charge in [-0.25, -0.2) is 4.98 Å². The number of anilines is 1. The smallest absolute Gasteiger partial charge is 0.252 e. The lowest BCUT2D eigenvalue weighted by Crippen LogP contribution is -2.49. The van der Waals surface area contributed by atoms with Crippen LogP contribution < -0.4 is 16.2 Å². The van der Waals surface area contributed by atoms with Crippen molar-refractivity contribution in [1.82, 2.24) is 9.97 Å². The molecular weight excluding hydrogens is 240 g/mol. The Kier molecular flexibility index (Phi) is 4.24. The minimum Gasteiger partial charge on any atom is -0.352 e. The first-order chi connectivity index (χ1) is 9.02. The fourth-order valence-corrected chi connectivity index (χ4v) is 2.78. The van der Waals surface area contributed by atoms with Crippen LogP contribution >= 0.6 is 0 Å². The van der Waals surface area contributed by atoms with Crippen LogP contribution in [0.4, 0.5) is 5.82 Å². The standard InChI is InChI=1S/C14H24N4O/c1-9(2)14-16-12(7-13(19)17-14)18-6-4-5-10(3)11(18)8-15/h7,9-11H,4-6,8,15H2,1-3H3,(H,16,17,19). The highest BCUT2D eigenvalue weighted by molar-refractivity contribution is 5.40. The minimum absolute atomic E-state index is 0.0808. The van der Waals surface area contributed by atoms with Gasteiger partial charge in [-0.3, -0.25) is 4.79 Å². The Morgan fingerprint density at radius 2 is 2.32 bits per heavy atom. The van der Waals surface area contributed by atoms with Crippen molar-refractivity contribution in [3.05, 3.63) is 22.2 Å². The highest BCUT2D eigenvalue weighted by atomic mass is 16.1. The maximum absolute atomic E-state index is 11.8. The number of aromatic nitrogens is 2. The van der Waals surface area contributed by atoms with Gasteiger partial charge in [-0.05, 0) is 18.8 Å². The molecule has 106 valence electrons. The maximum atomic E-state index is 11.8. The molecule has 1 fully saturated rings. The fourth-order valence-electron chi connectivity index (χ4n) is 2.78. The topological polar surface area (TPSA) is 75.0 Å². The number of hydrogen-bond donors (Lipinski definition) is 2. The summed E-state index contributed by atoms with van der Waals surface area (Å²) in [6, 6.07) is 1.87. The van der Waals surface area contributed by atoms with E-state index in [1.807, 2.05) is 13.8 Å². The molecule has 1 aromatic rings. The van der Waals surface area contributed by atoms with Crippen LogP contribution in [0, 0.1) is 5.92 Å². The van der Waals surface area contributed by atoms with Gasteiger partial charge in [0.15, 0.2) is 0 Å². The zero-order valence-corrected chi connectivity index (χ0v) is 12.0. The molecule has 5 heteroatoms. The van der Waals surface area contributed by atoms with Gasteiger partial charge in [0.05, 0.1) is 0 Å². The summed E-state index contributed by atoms with van der Waals surface area (Å²) in [4.78, 5) is 21.4. The number of nitrogens with two attached hydrogens (primary N) is 1. The van der Waals surface area contributed by atoms with E-state index < -0.39 is 0 Å². The third kappa shape index (κ3) is 2.97. The molecule has 2 atom stereocenters. The molecule has 0 aromatic carbocycles. The monoisotopic (exact) mass is 264 g/mol. The normalized spacial score (nSPS) is 23.9. The molecule has 5 nitrogen and oxygen atoms in total. The van der Waals surface area contributed by atoms with Crippen LogP contribution in [0.25, 0.3) is 0 Å². The van der Waals surface area contributed by atoms with Crippen molar-refractivity contribution >= 4 is 5.82 Å². The lowest BCUT2D eigenvalue weighted by atomic mass is 9.91. The van der Waals surface area contributed by atoms with E-state index in [1.54, 1.807) is 6.07 Å². The van der Waals surface area contributed by atoms with Crippen molar-refractivity contribution in [2.24, 2.45) is 11.7 Å². The lowest BCUT2D eigenvalue weighted by Gasteiger charge is -2.40. The summed E-state index contributed by atoms with van der Waals surface area (Å²) in [5.41, 5.74) is 5.82. The highest BCUT2D eigenvalue weighted by Gasteiger charge is 2.28. The lowest BCUT2D eigenvalue weighted by molar-refractivity contribution is 0.347. The highest BCUT2D eigenvalue weighted by Crippen LogP contribution is 2.26. The van der Waals surface area contributed by atoms with E-state index in [4.69, 9.17) is 5.73 Å². The second-order valence-electron chi connectivity index (χ2n) is 5.76. The number of nitrogens with one attached hydrogen (secondary N) is 1. The SMILES string of the molecule is CC(C)c1nc(N2CCCC(C)C2CN)cc(=O)[nH]1. The molecule has 2 heterocycles. The molecule has 1 aromatic heterocycles. The zero-order chi connectivity index (χ0) is 14.0. The molecule has 1 aliphatic rings. The fraction of sp³-hybridized carbons (Fsp3) is 0.714. The van der Waals surface area contributed by atoms with Gasteiger partial charge in [0.2, 0.25) is 0 Å². The van der Waals surface area contributed by atoms with Crippen LogP contribution in [0.2, 0.25) is 0 Å². The Bertz CT molecular complexity index is 483. The molecule has 0 radical (unpaired) electrons. The molecule has 19 heavy (non-hydrogen) atoms. The van der Waals surface area contributed by atoms with E-state index in [0.29, 0.717) is 12.5 Å². The van der Waals surface area contributed by atoms with Crippen molar-refractivity contribution in [2.75, 3.05) is 18.0 Å². The van der Waals surface area contributed by atoms with Crippen molar-refractivity contribution in [3.8, 4) is 0 Å². The number of piperidine rings is 1. The molecule has 3 N–H and O–H groups in total. The molecule has 2 rings (SSSR count). The minimum atomic E-state index is -0.0808. The van der Waals surface area contributed by atoms with Crippen LogP contribution in [-0.2, 0) is 0 Å². The number of rotatable bonds is 3. The average molecular weight is 264 g/mol. The van der Waals surface area contributed by atoms with Gasteiger partial charge in [-0.1, -0.05) is 20.8 Å². The first-order valence-electron chi connectivity index (χ1n) is 7.11. The van der Waals surface area contributed by atoms with Crippen LogP contribution in [0.3, 0.4) is 0 Å². The Balaban J connectivity index is 2.36. The Morgan fingerprint density at radius 1 is 1.58 bits per heavy atom. The third-order valence-electron chi connectivity index (χ3n) is 3.94. The van der Waals surface area contributed by atoms with Gasteiger partial charge < -0.3 is 15.6 Å². The summed E-state index contributed by atoms with van der Waals surface area (Å²) in [5, 5.41) is 0. The summed E-state index contributed by atoms with van der Waals surface area (Å²) >= 11 is 0. The molecule has 0 saturated carbocycles. The van der Waals surface area contributed by atoms with Gasteiger partial charge in [0, 0.05) is 31.1 Å². The quantitative estimate of drug-likeness (QED) is 0.866. The van der Waals surface area contributed by atoms with Crippen molar-refractivity contribution < 1.29 is 0 Å². The van der Waals surface area contributed by atoms with E-state index in [1.165, 1.54) is 6.42 Å². The van der Waals surface area contributed by atoms with Crippen LogP contribution in [0.1, 0.15) is 45.4 Å². The van der Waals surface area contributed by atoms with E-state index in [-0.39, 0.29) is 17.5 Å². The summed E-state index contributed by atoms with van der Waals surface area (Å²) < 4.78 is 0. The van der Waals surface area contributed by atoms with Crippen LogP contribution in [0.5, 0.6) is 0 Å². The first kappa shape index (κ1) is 14.1. The molecule has 0 bridgehead atoms. The van der Waals surface area contributed by atoms with Crippen molar-refractivity contribution in [3.63, 3.8) is 0 Å². The molecular formula is C14H24N4O. The predicted octanol–water partition coefficient (Wildman–Crippen LogP) is 1.46. The second kappa shape index (κ2) is 5.74. The summed E-state index contributed by atoms with van der Waals surface area (Å²) in [6.07, 6.45) is 2.32. The van der Waals surface area contributed by atoms with E-state index in [0.717, 1.165) is 24.6 Å². The average Bonchev–Trinajstić information content (AvgIpc) is 2.37. The molecule has 0 aliphatic carbocycles. The van der Waals surface area contributed by atoms with Gasteiger partial charge in [0.1, 0.15) is 11.6 Å². The zero-order valence-electron chi connectivity index (χ0n) is 12.0.